The first-order valence-corrected chi connectivity index (χ1v) is 9.43. The summed E-state index contributed by atoms with van der Waals surface area (Å²) in [6.07, 6.45) is 2.77. The summed E-state index contributed by atoms with van der Waals surface area (Å²) in [4.78, 5) is 16.0. The van der Waals surface area contributed by atoms with Crippen molar-refractivity contribution >= 4 is 31.7 Å². The number of hydrogen-bond acceptors (Lipinski definition) is 5. The molecule has 1 unspecified atom stereocenters. The molecule has 0 fully saturated rings. The van der Waals surface area contributed by atoms with Gasteiger partial charge in [-0.3, -0.25) is 4.79 Å². The van der Waals surface area contributed by atoms with Crippen LogP contribution in [0.25, 0.3) is 0 Å². The lowest BCUT2D eigenvalue weighted by atomic mass is 10.1. The smallest absolute Gasteiger partial charge is 0.422 e. The predicted octanol–water partition coefficient (Wildman–Crippen LogP) is 1.95. The quantitative estimate of drug-likeness (QED) is 0.680. The Labute approximate surface area is 151 Å². The highest BCUT2D eigenvalue weighted by Gasteiger charge is 2.31. The molecule has 1 N–H and O–H groups in total. The van der Waals surface area contributed by atoms with Gasteiger partial charge in [-0.05, 0) is 22.9 Å². The number of carbonyl (C=O) groups excluding carboxylic acids is 1. The van der Waals surface area contributed by atoms with Crippen molar-refractivity contribution in [3.05, 3.63) is 22.4 Å². The second-order valence-corrected chi connectivity index (χ2v) is 8.40. The van der Waals surface area contributed by atoms with E-state index in [1.807, 2.05) is 0 Å². The van der Waals surface area contributed by atoms with Gasteiger partial charge in [0.05, 0.1) is 10.2 Å². The van der Waals surface area contributed by atoms with Gasteiger partial charge in [-0.25, -0.2) is 13.4 Å². The third-order valence-corrected chi connectivity index (χ3v) is 4.40. The van der Waals surface area contributed by atoms with Crippen LogP contribution >= 0.6 is 15.9 Å². The van der Waals surface area contributed by atoms with Crippen LogP contribution in [0.1, 0.15) is 17.4 Å². The molecule has 1 amide bonds. The topological polar surface area (TPSA) is 85.4 Å². The highest BCUT2D eigenvalue weighted by Crippen LogP contribution is 2.27. The number of nitrogens with zero attached hydrogens (tertiary/aromatic N) is 1. The molecule has 1 heterocycles. The molecular weight excluding hydrogens is 429 g/mol. The second kappa shape index (κ2) is 7.61. The summed E-state index contributed by atoms with van der Waals surface area (Å²) in [6, 6.07) is 0.989. The number of alkyl halides is 3. The van der Waals surface area contributed by atoms with E-state index in [9.17, 15) is 26.4 Å². The molecule has 0 aliphatic carbocycles. The van der Waals surface area contributed by atoms with E-state index in [0.29, 0.717) is 0 Å². The monoisotopic (exact) mass is 442 g/mol. The first-order valence-electron chi connectivity index (χ1n) is 6.58. The number of amides is 1. The van der Waals surface area contributed by atoms with Crippen LogP contribution in [0.5, 0.6) is 5.75 Å². The number of sulfone groups is 1. The number of nitrogens with one attached hydrogen (secondary N) is 1. The van der Waals surface area contributed by atoms with Gasteiger partial charge in [-0.2, -0.15) is 13.2 Å². The van der Waals surface area contributed by atoms with Crippen LogP contribution in [-0.2, 0) is 9.84 Å². The van der Waals surface area contributed by atoms with Crippen molar-refractivity contribution in [1.29, 1.82) is 0 Å². The molecule has 1 aromatic rings. The summed E-state index contributed by atoms with van der Waals surface area (Å²) in [7, 11) is -3.50. The zero-order chi connectivity index (χ0) is 19.5. The third kappa shape index (κ3) is 7.31. The Balaban J connectivity index is 3.00. The highest BCUT2D eigenvalue weighted by atomic mass is 79.9. The Bertz CT molecular complexity index is 805. The molecular formula is C14H14BrF3N2O4S. The van der Waals surface area contributed by atoms with Gasteiger partial charge >= 0.3 is 6.18 Å². The molecule has 0 saturated carbocycles. The number of hydrogen-bond donors (Lipinski definition) is 1. The van der Waals surface area contributed by atoms with Gasteiger partial charge in [-0.15, -0.1) is 6.42 Å². The van der Waals surface area contributed by atoms with Gasteiger partial charge in [0.2, 0.25) is 0 Å². The van der Waals surface area contributed by atoms with E-state index in [1.165, 1.54) is 6.92 Å². The minimum absolute atomic E-state index is 0.115. The first-order chi connectivity index (χ1) is 11.2. The van der Waals surface area contributed by atoms with E-state index in [-0.39, 0.29) is 15.9 Å². The largest absolute Gasteiger partial charge is 0.483 e. The van der Waals surface area contributed by atoms with E-state index in [2.05, 4.69) is 36.9 Å². The van der Waals surface area contributed by atoms with Crippen LogP contribution in [0.2, 0.25) is 0 Å². The fourth-order valence-corrected chi connectivity index (χ4v) is 3.30. The Hall–Kier alpha value is -1.80. The van der Waals surface area contributed by atoms with E-state index < -0.39 is 39.8 Å². The Morgan fingerprint density at radius 2 is 2.08 bits per heavy atom. The van der Waals surface area contributed by atoms with Crippen molar-refractivity contribution in [1.82, 2.24) is 10.3 Å². The predicted molar refractivity (Wildman–Crippen MR) is 87.9 cm³/mol. The molecule has 0 aromatic carbocycles. The maximum Gasteiger partial charge on any atom is 0.422 e. The van der Waals surface area contributed by atoms with Gasteiger partial charge in [0, 0.05) is 18.5 Å². The normalized spacial score (nSPS) is 14.3. The standard InChI is InChI=1S/C14H14BrF3N2O4S/c1-4-13(2,8-25(3,22)23)20-12(21)10-5-11(9(15)6-19-10)24-7-14(16,17)18/h1,5-6H,7-8H2,2-3H3,(H,20,21). The fourth-order valence-electron chi connectivity index (χ4n) is 1.77. The second-order valence-electron chi connectivity index (χ2n) is 5.40. The van der Waals surface area contributed by atoms with Crippen molar-refractivity contribution < 1.29 is 31.1 Å². The molecule has 0 saturated heterocycles. The van der Waals surface area contributed by atoms with Crippen LogP contribution in [-0.4, -0.2) is 49.6 Å². The van der Waals surface area contributed by atoms with Crippen molar-refractivity contribution in [2.24, 2.45) is 0 Å². The molecule has 138 valence electrons. The number of ether oxygens (including phenoxy) is 1. The minimum atomic E-state index is -4.55. The summed E-state index contributed by atoms with van der Waals surface area (Å²) in [5, 5.41) is 2.33. The van der Waals surface area contributed by atoms with Crippen molar-refractivity contribution in [3.8, 4) is 18.1 Å². The van der Waals surface area contributed by atoms with Gasteiger partial charge in [0.1, 0.15) is 17.0 Å². The molecule has 25 heavy (non-hydrogen) atoms. The molecule has 0 aliphatic rings. The highest BCUT2D eigenvalue weighted by molar-refractivity contribution is 9.10. The average Bonchev–Trinajstić information content (AvgIpc) is 2.43. The van der Waals surface area contributed by atoms with Crippen LogP contribution in [0.3, 0.4) is 0 Å². The summed E-state index contributed by atoms with van der Waals surface area (Å²) < 4.78 is 64.3. The summed E-state index contributed by atoms with van der Waals surface area (Å²) in [6.45, 7) is -0.224. The average molecular weight is 443 g/mol. The molecule has 1 aromatic heterocycles. The Kier molecular flexibility index (Phi) is 6.47. The first kappa shape index (κ1) is 21.2. The molecule has 0 aliphatic heterocycles. The maximum absolute atomic E-state index is 12.2. The van der Waals surface area contributed by atoms with Crippen LogP contribution < -0.4 is 10.1 Å². The van der Waals surface area contributed by atoms with Gasteiger partial charge in [0.25, 0.3) is 5.91 Å². The van der Waals surface area contributed by atoms with Gasteiger partial charge in [-0.1, -0.05) is 5.92 Å². The number of carbonyl (C=O) groups is 1. The third-order valence-electron chi connectivity index (χ3n) is 2.70. The van der Waals surface area contributed by atoms with Crippen molar-refractivity contribution in [2.45, 2.75) is 18.6 Å². The lowest BCUT2D eigenvalue weighted by Gasteiger charge is -2.24. The minimum Gasteiger partial charge on any atom is -0.483 e. The molecule has 0 radical (unpaired) electrons. The molecule has 6 nitrogen and oxygen atoms in total. The number of aromatic nitrogens is 1. The number of rotatable bonds is 6. The number of halogens is 4. The molecule has 1 rings (SSSR count). The maximum atomic E-state index is 12.2. The summed E-state index contributed by atoms with van der Waals surface area (Å²) in [5.41, 5.74) is -1.79. The van der Waals surface area contributed by atoms with Crippen LogP contribution in [0.4, 0.5) is 13.2 Å². The van der Waals surface area contributed by atoms with E-state index in [4.69, 9.17) is 6.42 Å². The van der Waals surface area contributed by atoms with Crippen LogP contribution in [0.15, 0.2) is 16.7 Å². The van der Waals surface area contributed by atoms with E-state index in [0.717, 1.165) is 18.5 Å². The van der Waals surface area contributed by atoms with Gasteiger partial charge < -0.3 is 10.1 Å². The molecule has 0 bridgehead atoms. The zero-order valence-electron chi connectivity index (χ0n) is 13.1. The lowest BCUT2D eigenvalue weighted by molar-refractivity contribution is -0.153. The zero-order valence-corrected chi connectivity index (χ0v) is 15.5. The van der Waals surface area contributed by atoms with Crippen molar-refractivity contribution in [2.75, 3.05) is 18.6 Å². The number of terminal acetylenes is 1. The van der Waals surface area contributed by atoms with E-state index >= 15 is 0 Å². The van der Waals surface area contributed by atoms with Gasteiger partial charge in [0.15, 0.2) is 16.4 Å². The van der Waals surface area contributed by atoms with Crippen molar-refractivity contribution in [3.63, 3.8) is 0 Å². The molecule has 0 spiro atoms. The number of pyridine rings is 1. The van der Waals surface area contributed by atoms with E-state index in [1.54, 1.807) is 0 Å². The SMILES string of the molecule is C#CC(C)(CS(C)(=O)=O)NC(=O)c1cc(OCC(F)(F)F)c(Br)cn1. The Morgan fingerprint density at radius 1 is 1.48 bits per heavy atom. The van der Waals surface area contributed by atoms with Crippen LogP contribution in [0, 0.1) is 12.3 Å². The lowest BCUT2D eigenvalue weighted by Crippen LogP contribution is -2.49. The Morgan fingerprint density at radius 3 is 2.56 bits per heavy atom. The molecule has 1 atom stereocenters. The fraction of sp³-hybridized carbons (Fsp3) is 0.429. The summed E-state index contributed by atoms with van der Waals surface area (Å²) >= 11 is 2.96. The molecule has 11 heteroatoms. The summed E-state index contributed by atoms with van der Waals surface area (Å²) in [5.74, 6) is 0.560.